The number of alkyl halides is 1. The van der Waals surface area contributed by atoms with Crippen LogP contribution < -0.4 is 5.63 Å². The minimum absolute atomic E-state index is 0.0170. The van der Waals surface area contributed by atoms with Gasteiger partial charge in [0.2, 0.25) is 0 Å². The van der Waals surface area contributed by atoms with Gasteiger partial charge in [-0.05, 0) is 19.1 Å². The Labute approximate surface area is 89.7 Å². The summed E-state index contributed by atoms with van der Waals surface area (Å²) < 4.78 is 5.17. The Hall–Kier alpha value is -1.09. The third-order valence-corrected chi connectivity index (χ3v) is 2.59. The number of fused-ring (bicyclic) bond motifs is 1. The fourth-order valence-corrected chi connectivity index (χ4v) is 1.67. The zero-order valence-electron chi connectivity index (χ0n) is 7.66. The number of rotatable bonds is 1. The molecule has 0 saturated heterocycles. The summed E-state index contributed by atoms with van der Waals surface area (Å²) in [6.07, 6.45) is 0. The quantitative estimate of drug-likeness (QED) is 0.576. The van der Waals surface area contributed by atoms with Crippen molar-refractivity contribution < 1.29 is 4.42 Å². The summed E-state index contributed by atoms with van der Waals surface area (Å²) in [6.45, 7) is 1.90. The molecule has 3 heteroatoms. The Kier molecular flexibility index (Phi) is 2.42. The van der Waals surface area contributed by atoms with Gasteiger partial charge in [-0.1, -0.05) is 34.1 Å². The van der Waals surface area contributed by atoms with E-state index in [1.54, 1.807) is 6.07 Å². The standard InChI is InChI=1S/C11H9BrO2/c1-7(12)9-6-8-4-2-3-5-10(8)14-11(9)13/h2-7H,1H3. The number of hydrogen-bond donors (Lipinski definition) is 0. The van der Waals surface area contributed by atoms with Gasteiger partial charge in [-0.3, -0.25) is 0 Å². The highest BCUT2D eigenvalue weighted by molar-refractivity contribution is 9.09. The molecule has 1 atom stereocenters. The molecule has 0 bridgehead atoms. The first kappa shape index (κ1) is 9.46. The first-order valence-corrected chi connectivity index (χ1v) is 5.27. The van der Waals surface area contributed by atoms with Crippen molar-refractivity contribution in [2.24, 2.45) is 0 Å². The number of halogens is 1. The summed E-state index contributed by atoms with van der Waals surface area (Å²) in [5, 5.41) is 0.952. The highest BCUT2D eigenvalue weighted by Crippen LogP contribution is 2.21. The molecule has 1 unspecified atom stereocenters. The van der Waals surface area contributed by atoms with Crippen LogP contribution in [0.25, 0.3) is 11.0 Å². The van der Waals surface area contributed by atoms with Crippen LogP contribution in [-0.2, 0) is 0 Å². The highest BCUT2D eigenvalue weighted by atomic mass is 79.9. The highest BCUT2D eigenvalue weighted by Gasteiger charge is 2.08. The maximum Gasteiger partial charge on any atom is 0.340 e. The van der Waals surface area contributed by atoms with E-state index in [0.717, 1.165) is 5.39 Å². The van der Waals surface area contributed by atoms with E-state index in [4.69, 9.17) is 4.42 Å². The van der Waals surface area contributed by atoms with Crippen LogP contribution in [0.2, 0.25) is 0 Å². The molecule has 1 heterocycles. The maximum absolute atomic E-state index is 11.5. The average molecular weight is 253 g/mol. The predicted molar refractivity (Wildman–Crippen MR) is 59.8 cm³/mol. The van der Waals surface area contributed by atoms with E-state index in [1.807, 2.05) is 31.2 Å². The Bertz CT molecular complexity index is 514. The minimum atomic E-state index is -0.270. The molecule has 14 heavy (non-hydrogen) atoms. The maximum atomic E-state index is 11.5. The summed E-state index contributed by atoms with van der Waals surface area (Å²) in [5.74, 6) is 0. The van der Waals surface area contributed by atoms with Gasteiger partial charge < -0.3 is 4.42 Å². The van der Waals surface area contributed by atoms with Gasteiger partial charge in [-0.25, -0.2) is 4.79 Å². The summed E-state index contributed by atoms with van der Waals surface area (Å²) in [4.78, 5) is 11.5. The van der Waals surface area contributed by atoms with Crippen LogP contribution in [0.3, 0.4) is 0 Å². The summed E-state index contributed by atoms with van der Waals surface area (Å²) in [5.41, 5.74) is 1.02. The lowest BCUT2D eigenvalue weighted by Gasteiger charge is -2.02. The molecular formula is C11H9BrO2. The molecule has 72 valence electrons. The van der Waals surface area contributed by atoms with Crippen molar-refractivity contribution in [2.45, 2.75) is 11.8 Å². The summed E-state index contributed by atoms with van der Waals surface area (Å²) in [6, 6.07) is 9.35. The van der Waals surface area contributed by atoms with Gasteiger partial charge in [0, 0.05) is 10.2 Å². The molecule has 0 radical (unpaired) electrons. The molecule has 0 aliphatic heterocycles. The second kappa shape index (κ2) is 3.58. The molecule has 0 saturated carbocycles. The van der Waals surface area contributed by atoms with E-state index in [0.29, 0.717) is 11.1 Å². The third kappa shape index (κ3) is 1.60. The van der Waals surface area contributed by atoms with E-state index in [-0.39, 0.29) is 10.5 Å². The van der Waals surface area contributed by atoms with Crippen LogP contribution in [0.5, 0.6) is 0 Å². The molecule has 2 aromatic rings. The van der Waals surface area contributed by atoms with Crippen molar-refractivity contribution in [3.63, 3.8) is 0 Å². The largest absolute Gasteiger partial charge is 0.422 e. The molecular weight excluding hydrogens is 244 g/mol. The molecule has 0 N–H and O–H groups in total. The molecule has 0 spiro atoms. The van der Waals surface area contributed by atoms with Crippen molar-refractivity contribution >= 4 is 26.9 Å². The SMILES string of the molecule is CC(Br)c1cc2ccccc2oc1=O. The summed E-state index contributed by atoms with van der Waals surface area (Å²) >= 11 is 3.36. The average Bonchev–Trinajstić information content (AvgIpc) is 2.16. The van der Waals surface area contributed by atoms with Crippen LogP contribution in [0.4, 0.5) is 0 Å². The lowest BCUT2D eigenvalue weighted by Crippen LogP contribution is -2.06. The van der Waals surface area contributed by atoms with Gasteiger partial charge in [0.1, 0.15) is 5.58 Å². The topological polar surface area (TPSA) is 30.2 Å². The Balaban J connectivity index is 2.78. The molecule has 1 aromatic heterocycles. The molecule has 1 aromatic carbocycles. The second-order valence-corrected chi connectivity index (χ2v) is 4.52. The van der Waals surface area contributed by atoms with Gasteiger partial charge in [-0.15, -0.1) is 0 Å². The molecule has 0 fully saturated rings. The number of benzene rings is 1. The molecule has 0 aliphatic rings. The zero-order chi connectivity index (χ0) is 10.1. The van der Waals surface area contributed by atoms with Crippen molar-refractivity contribution in [3.05, 3.63) is 46.3 Å². The first-order valence-electron chi connectivity index (χ1n) is 4.35. The van der Waals surface area contributed by atoms with Crippen molar-refractivity contribution in [1.82, 2.24) is 0 Å². The van der Waals surface area contributed by atoms with Gasteiger partial charge in [0.25, 0.3) is 0 Å². The van der Waals surface area contributed by atoms with E-state index in [2.05, 4.69) is 15.9 Å². The van der Waals surface area contributed by atoms with Crippen LogP contribution in [0, 0.1) is 0 Å². The molecule has 2 nitrogen and oxygen atoms in total. The normalized spacial score (nSPS) is 13.0. The monoisotopic (exact) mass is 252 g/mol. The lowest BCUT2D eigenvalue weighted by molar-refractivity contribution is 0.551. The van der Waals surface area contributed by atoms with Crippen LogP contribution in [0.1, 0.15) is 17.3 Å². The second-order valence-electron chi connectivity index (χ2n) is 3.14. The Morgan fingerprint density at radius 3 is 2.79 bits per heavy atom. The molecule has 0 aliphatic carbocycles. The predicted octanol–water partition coefficient (Wildman–Crippen LogP) is 3.25. The number of hydrogen-bond acceptors (Lipinski definition) is 2. The van der Waals surface area contributed by atoms with Crippen LogP contribution >= 0.6 is 15.9 Å². The van der Waals surface area contributed by atoms with E-state index >= 15 is 0 Å². The van der Waals surface area contributed by atoms with E-state index in [1.165, 1.54) is 0 Å². The van der Waals surface area contributed by atoms with Crippen molar-refractivity contribution in [1.29, 1.82) is 0 Å². The minimum Gasteiger partial charge on any atom is -0.422 e. The summed E-state index contributed by atoms with van der Waals surface area (Å²) in [7, 11) is 0. The van der Waals surface area contributed by atoms with Crippen LogP contribution in [-0.4, -0.2) is 0 Å². The fraction of sp³-hybridized carbons (Fsp3) is 0.182. The Morgan fingerprint density at radius 1 is 1.36 bits per heavy atom. The van der Waals surface area contributed by atoms with Gasteiger partial charge in [-0.2, -0.15) is 0 Å². The third-order valence-electron chi connectivity index (χ3n) is 2.10. The smallest absolute Gasteiger partial charge is 0.340 e. The van der Waals surface area contributed by atoms with Crippen molar-refractivity contribution in [3.8, 4) is 0 Å². The van der Waals surface area contributed by atoms with E-state index < -0.39 is 0 Å². The molecule has 0 amide bonds. The Morgan fingerprint density at radius 2 is 2.07 bits per heavy atom. The van der Waals surface area contributed by atoms with Gasteiger partial charge in [0.05, 0.1) is 5.56 Å². The first-order chi connectivity index (χ1) is 6.68. The van der Waals surface area contributed by atoms with Gasteiger partial charge in [0.15, 0.2) is 0 Å². The lowest BCUT2D eigenvalue weighted by atomic mass is 10.1. The number of para-hydroxylation sites is 1. The molecule has 2 rings (SSSR count). The zero-order valence-corrected chi connectivity index (χ0v) is 9.24. The van der Waals surface area contributed by atoms with Crippen molar-refractivity contribution in [2.75, 3.05) is 0 Å². The fourth-order valence-electron chi connectivity index (χ4n) is 1.36. The van der Waals surface area contributed by atoms with E-state index in [9.17, 15) is 4.79 Å². The van der Waals surface area contributed by atoms with Crippen LogP contribution in [0.15, 0.2) is 39.5 Å². The van der Waals surface area contributed by atoms with Gasteiger partial charge >= 0.3 is 5.63 Å².